The molecule has 30 heavy (non-hydrogen) atoms. The number of benzene rings is 2. The number of hydrogen-bond donors (Lipinski definition) is 0. The lowest BCUT2D eigenvalue weighted by Crippen LogP contribution is -2.48. The standard InChI is InChI=1S/C23H25ClN4O2/c1-3-26-12-14-27(15-13-26)23(29)22-16-21(17-4-10-20(30-2)11-5-17)25-28(22)19-8-6-18(24)7-9-19/h4-11,16H,3,12-15H2,1-2H3. The van der Waals surface area contributed by atoms with E-state index in [-0.39, 0.29) is 5.91 Å². The largest absolute Gasteiger partial charge is 0.497 e. The molecule has 3 aromatic rings. The molecule has 0 atom stereocenters. The molecule has 2 heterocycles. The molecule has 2 aromatic carbocycles. The van der Waals surface area contributed by atoms with Crippen molar-refractivity contribution in [3.8, 4) is 22.7 Å². The summed E-state index contributed by atoms with van der Waals surface area (Å²) < 4.78 is 6.96. The van der Waals surface area contributed by atoms with Crippen LogP contribution in [0.2, 0.25) is 5.02 Å². The van der Waals surface area contributed by atoms with Gasteiger partial charge in [0.25, 0.3) is 5.91 Å². The van der Waals surface area contributed by atoms with Gasteiger partial charge in [-0.25, -0.2) is 4.68 Å². The van der Waals surface area contributed by atoms with Crippen molar-refractivity contribution in [3.05, 3.63) is 65.3 Å². The van der Waals surface area contributed by atoms with E-state index in [4.69, 9.17) is 21.4 Å². The van der Waals surface area contributed by atoms with Crippen molar-refractivity contribution in [1.82, 2.24) is 19.6 Å². The summed E-state index contributed by atoms with van der Waals surface area (Å²) in [7, 11) is 1.64. The van der Waals surface area contributed by atoms with Crippen molar-refractivity contribution in [2.24, 2.45) is 0 Å². The molecule has 156 valence electrons. The van der Waals surface area contributed by atoms with E-state index in [1.54, 1.807) is 23.9 Å². The van der Waals surface area contributed by atoms with E-state index in [0.29, 0.717) is 10.7 Å². The summed E-state index contributed by atoms with van der Waals surface area (Å²) in [6, 6.07) is 16.9. The van der Waals surface area contributed by atoms with Crippen LogP contribution in [-0.2, 0) is 0 Å². The number of aromatic nitrogens is 2. The Balaban J connectivity index is 1.70. The van der Waals surface area contributed by atoms with Gasteiger partial charge in [0.05, 0.1) is 18.5 Å². The third kappa shape index (κ3) is 4.20. The number of carbonyl (C=O) groups excluding carboxylic acids is 1. The van der Waals surface area contributed by atoms with E-state index < -0.39 is 0 Å². The first-order valence-corrected chi connectivity index (χ1v) is 10.5. The normalized spacial score (nSPS) is 14.7. The molecular weight excluding hydrogens is 400 g/mol. The van der Waals surface area contributed by atoms with Crippen LogP contribution in [0.15, 0.2) is 54.6 Å². The molecular formula is C23H25ClN4O2. The van der Waals surface area contributed by atoms with Crippen LogP contribution in [0.4, 0.5) is 0 Å². The van der Waals surface area contributed by atoms with Crippen molar-refractivity contribution < 1.29 is 9.53 Å². The van der Waals surface area contributed by atoms with Gasteiger partial charge >= 0.3 is 0 Å². The van der Waals surface area contributed by atoms with Gasteiger partial charge in [-0.1, -0.05) is 18.5 Å². The third-order valence-corrected chi connectivity index (χ3v) is 5.74. The molecule has 1 aliphatic rings. The number of methoxy groups -OCH3 is 1. The first kappa shape index (κ1) is 20.4. The van der Waals surface area contributed by atoms with Crippen molar-refractivity contribution >= 4 is 17.5 Å². The van der Waals surface area contributed by atoms with E-state index in [2.05, 4.69) is 11.8 Å². The molecule has 6 nitrogen and oxygen atoms in total. The Morgan fingerprint density at radius 1 is 1.03 bits per heavy atom. The van der Waals surface area contributed by atoms with Gasteiger partial charge in [0.2, 0.25) is 0 Å². The molecule has 0 spiro atoms. The maximum absolute atomic E-state index is 13.4. The molecule has 0 radical (unpaired) electrons. The first-order chi connectivity index (χ1) is 14.6. The van der Waals surface area contributed by atoms with Crippen LogP contribution in [0.1, 0.15) is 17.4 Å². The molecule has 1 fully saturated rings. The Bertz CT molecular complexity index is 1010. The zero-order valence-electron chi connectivity index (χ0n) is 17.2. The Labute approximate surface area is 181 Å². The summed E-state index contributed by atoms with van der Waals surface area (Å²) in [6.45, 7) is 6.37. The van der Waals surface area contributed by atoms with E-state index >= 15 is 0 Å². The molecule has 0 saturated carbocycles. The molecule has 1 aromatic heterocycles. The van der Waals surface area contributed by atoms with Gasteiger partial charge in [-0.3, -0.25) is 4.79 Å². The van der Waals surface area contributed by atoms with Gasteiger partial charge in [-0.2, -0.15) is 5.10 Å². The van der Waals surface area contributed by atoms with E-state index in [1.165, 1.54) is 0 Å². The fraction of sp³-hybridized carbons (Fsp3) is 0.304. The number of amides is 1. The molecule has 0 aliphatic carbocycles. The first-order valence-electron chi connectivity index (χ1n) is 10.1. The van der Waals surface area contributed by atoms with E-state index in [1.807, 2.05) is 47.4 Å². The SMILES string of the molecule is CCN1CCN(C(=O)c2cc(-c3ccc(OC)cc3)nn2-c2ccc(Cl)cc2)CC1. The molecule has 1 saturated heterocycles. The van der Waals surface area contributed by atoms with Crippen molar-refractivity contribution in [3.63, 3.8) is 0 Å². The lowest BCUT2D eigenvalue weighted by Gasteiger charge is -2.34. The minimum absolute atomic E-state index is 0.00651. The summed E-state index contributed by atoms with van der Waals surface area (Å²) in [5.74, 6) is 0.772. The minimum atomic E-state index is -0.00651. The second-order valence-electron chi connectivity index (χ2n) is 7.26. The van der Waals surface area contributed by atoms with Gasteiger partial charge in [-0.05, 0) is 61.1 Å². The lowest BCUT2D eigenvalue weighted by molar-refractivity contribution is 0.0634. The second kappa shape index (κ2) is 8.90. The van der Waals surface area contributed by atoms with E-state index in [9.17, 15) is 4.79 Å². The minimum Gasteiger partial charge on any atom is -0.497 e. The molecule has 1 amide bonds. The summed E-state index contributed by atoms with van der Waals surface area (Å²) >= 11 is 6.06. The van der Waals surface area contributed by atoms with Crippen LogP contribution in [0.3, 0.4) is 0 Å². The van der Waals surface area contributed by atoms with Crippen molar-refractivity contribution in [2.45, 2.75) is 6.92 Å². The van der Waals surface area contributed by atoms with Crippen LogP contribution in [0.25, 0.3) is 16.9 Å². The van der Waals surface area contributed by atoms with Gasteiger partial charge in [0.1, 0.15) is 11.4 Å². The highest BCUT2D eigenvalue weighted by Crippen LogP contribution is 2.25. The number of halogens is 1. The van der Waals surface area contributed by atoms with Crippen LogP contribution < -0.4 is 4.74 Å². The van der Waals surface area contributed by atoms with Crippen LogP contribution in [0, 0.1) is 0 Å². The number of likely N-dealkylation sites (N-methyl/N-ethyl adjacent to an activating group) is 1. The summed E-state index contributed by atoms with van der Waals surface area (Å²) in [6.07, 6.45) is 0. The third-order valence-electron chi connectivity index (χ3n) is 5.49. The van der Waals surface area contributed by atoms with Crippen LogP contribution in [0.5, 0.6) is 5.75 Å². The Morgan fingerprint density at radius 2 is 1.70 bits per heavy atom. The number of carbonyl (C=O) groups is 1. The lowest BCUT2D eigenvalue weighted by atomic mass is 10.1. The average Bonchev–Trinajstić information content (AvgIpc) is 3.24. The second-order valence-corrected chi connectivity index (χ2v) is 7.69. The monoisotopic (exact) mass is 424 g/mol. The zero-order chi connectivity index (χ0) is 21.1. The molecule has 4 rings (SSSR count). The molecule has 0 unspecified atom stereocenters. The fourth-order valence-corrected chi connectivity index (χ4v) is 3.77. The number of ether oxygens (including phenoxy) is 1. The van der Waals surface area contributed by atoms with Crippen molar-refractivity contribution in [2.75, 3.05) is 39.8 Å². The predicted molar refractivity (Wildman–Crippen MR) is 119 cm³/mol. The molecule has 7 heteroatoms. The molecule has 0 N–H and O–H groups in total. The highest BCUT2D eigenvalue weighted by Gasteiger charge is 2.25. The van der Waals surface area contributed by atoms with Gasteiger partial charge in [0.15, 0.2) is 0 Å². The maximum Gasteiger partial charge on any atom is 0.272 e. The Morgan fingerprint density at radius 3 is 2.30 bits per heavy atom. The van der Waals surface area contributed by atoms with E-state index in [0.717, 1.165) is 55.4 Å². The number of hydrogen-bond acceptors (Lipinski definition) is 4. The molecule has 0 bridgehead atoms. The Kier molecular flexibility index (Phi) is 6.06. The maximum atomic E-state index is 13.4. The molecule has 1 aliphatic heterocycles. The topological polar surface area (TPSA) is 50.6 Å². The summed E-state index contributed by atoms with van der Waals surface area (Å²) in [5, 5.41) is 5.40. The fourth-order valence-electron chi connectivity index (χ4n) is 3.64. The van der Waals surface area contributed by atoms with Crippen LogP contribution in [-0.4, -0.2) is 65.3 Å². The number of nitrogens with zero attached hydrogens (tertiary/aromatic N) is 4. The highest BCUT2D eigenvalue weighted by atomic mass is 35.5. The van der Waals surface area contributed by atoms with Gasteiger partial charge in [-0.15, -0.1) is 0 Å². The van der Waals surface area contributed by atoms with Gasteiger partial charge in [0, 0.05) is 36.8 Å². The number of rotatable bonds is 5. The van der Waals surface area contributed by atoms with Crippen LogP contribution >= 0.6 is 11.6 Å². The summed E-state index contributed by atoms with van der Waals surface area (Å²) in [5.41, 5.74) is 3.01. The zero-order valence-corrected chi connectivity index (χ0v) is 18.0. The van der Waals surface area contributed by atoms with Gasteiger partial charge < -0.3 is 14.5 Å². The predicted octanol–water partition coefficient (Wildman–Crippen LogP) is 3.98. The summed E-state index contributed by atoms with van der Waals surface area (Å²) in [4.78, 5) is 17.7. The average molecular weight is 425 g/mol. The number of piperazine rings is 1. The smallest absolute Gasteiger partial charge is 0.272 e. The highest BCUT2D eigenvalue weighted by molar-refractivity contribution is 6.30. The van der Waals surface area contributed by atoms with Crippen molar-refractivity contribution in [1.29, 1.82) is 0 Å². The quantitative estimate of drug-likeness (QED) is 0.621. The Hall–Kier alpha value is -2.83.